The maximum atomic E-state index is 12.2. The van der Waals surface area contributed by atoms with Crippen molar-refractivity contribution in [2.75, 3.05) is 19.4 Å². The van der Waals surface area contributed by atoms with Crippen LogP contribution in [0.4, 0.5) is 5.95 Å². The van der Waals surface area contributed by atoms with Crippen molar-refractivity contribution in [1.82, 2.24) is 14.9 Å². The zero-order chi connectivity index (χ0) is 13.8. The van der Waals surface area contributed by atoms with Crippen molar-refractivity contribution in [2.45, 2.75) is 31.8 Å². The highest BCUT2D eigenvalue weighted by atomic mass is 16.2. The van der Waals surface area contributed by atoms with Gasteiger partial charge in [0, 0.05) is 50.6 Å². The minimum atomic E-state index is 0.0810. The van der Waals surface area contributed by atoms with Crippen molar-refractivity contribution in [2.24, 2.45) is 11.7 Å². The Hall–Kier alpha value is -1.69. The number of carbonyl (C=O) groups is 1. The molecule has 6 nitrogen and oxygen atoms in total. The quantitative estimate of drug-likeness (QED) is 0.831. The smallest absolute Gasteiger partial charge is 0.225 e. The van der Waals surface area contributed by atoms with E-state index in [0.29, 0.717) is 12.5 Å². The predicted octanol–water partition coefficient (Wildman–Crippen LogP) is 0.604. The molecule has 2 unspecified atom stereocenters. The maximum absolute atomic E-state index is 12.2. The van der Waals surface area contributed by atoms with Crippen molar-refractivity contribution < 1.29 is 4.79 Å². The topological polar surface area (TPSA) is 84.1 Å². The summed E-state index contributed by atoms with van der Waals surface area (Å²) in [7, 11) is 3.59. The largest absolute Gasteiger partial charge is 0.357 e. The molecular formula is C13H21N5O. The number of aromatic nitrogens is 2. The number of hydrogen-bond acceptors (Lipinski definition) is 5. The number of hydrogen-bond donors (Lipinski definition) is 2. The summed E-state index contributed by atoms with van der Waals surface area (Å²) in [6.45, 7) is 0.536. The Labute approximate surface area is 113 Å². The second-order valence-electron chi connectivity index (χ2n) is 5.13. The first kappa shape index (κ1) is 13.7. The van der Waals surface area contributed by atoms with Crippen molar-refractivity contribution in [1.29, 1.82) is 0 Å². The monoisotopic (exact) mass is 263 g/mol. The fourth-order valence-electron chi connectivity index (χ4n) is 2.47. The molecule has 2 atom stereocenters. The van der Waals surface area contributed by atoms with Crippen LogP contribution in [-0.2, 0) is 11.3 Å². The van der Waals surface area contributed by atoms with Gasteiger partial charge in [0.25, 0.3) is 0 Å². The minimum absolute atomic E-state index is 0.0810. The number of amides is 1. The summed E-state index contributed by atoms with van der Waals surface area (Å²) < 4.78 is 0. The lowest BCUT2D eigenvalue weighted by atomic mass is 10.1. The average Bonchev–Trinajstić information content (AvgIpc) is 2.85. The third kappa shape index (κ3) is 3.41. The highest BCUT2D eigenvalue weighted by Gasteiger charge is 2.29. The van der Waals surface area contributed by atoms with E-state index in [-0.39, 0.29) is 17.9 Å². The Morgan fingerprint density at radius 2 is 2.16 bits per heavy atom. The zero-order valence-electron chi connectivity index (χ0n) is 11.5. The van der Waals surface area contributed by atoms with Gasteiger partial charge in [-0.15, -0.1) is 0 Å². The molecule has 1 aromatic heterocycles. The van der Waals surface area contributed by atoms with Crippen LogP contribution in [-0.4, -0.2) is 40.9 Å². The summed E-state index contributed by atoms with van der Waals surface area (Å²) in [6, 6.07) is 0.181. The molecule has 1 fully saturated rings. The van der Waals surface area contributed by atoms with E-state index in [1.54, 1.807) is 24.3 Å². The van der Waals surface area contributed by atoms with Gasteiger partial charge in [-0.05, 0) is 19.3 Å². The van der Waals surface area contributed by atoms with Crippen molar-refractivity contribution >= 4 is 11.9 Å². The van der Waals surface area contributed by atoms with E-state index in [1.807, 2.05) is 7.05 Å². The van der Waals surface area contributed by atoms with Crippen molar-refractivity contribution in [3.05, 3.63) is 18.0 Å². The molecule has 1 heterocycles. The lowest BCUT2D eigenvalue weighted by Crippen LogP contribution is -2.32. The van der Waals surface area contributed by atoms with Gasteiger partial charge in [-0.25, -0.2) is 9.97 Å². The molecule has 0 bridgehead atoms. The highest BCUT2D eigenvalue weighted by molar-refractivity contribution is 5.78. The third-order valence-corrected chi connectivity index (χ3v) is 3.55. The van der Waals surface area contributed by atoms with E-state index in [2.05, 4.69) is 15.3 Å². The number of nitrogens with two attached hydrogens (primary N) is 1. The Bertz CT molecular complexity index is 433. The molecule has 19 heavy (non-hydrogen) atoms. The molecule has 0 aliphatic heterocycles. The third-order valence-electron chi connectivity index (χ3n) is 3.55. The SMILES string of the molecule is CNc1ncc(CN(C)C(=O)C2CCC(N)C2)cn1. The fraction of sp³-hybridized carbons (Fsp3) is 0.615. The Kier molecular flexibility index (Phi) is 4.31. The zero-order valence-corrected chi connectivity index (χ0v) is 11.5. The van der Waals surface area contributed by atoms with Gasteiger partial charge in [0.1, 0.15) is 0 Å². The number of rotatable bonds is 4. The molecule has 104 valence electrons. The number of nitrogens with one attached hydrogen (secondary N) is 1. The van der Waals surface area contributed by atoms with Crippen LogP contribution in [0.1, 0.15) is 24.8 Å². The molecular weight excluding hydrogens is 242 g/mol. The second-order valence-corrected chi connectivity index (χ2v) is 5.13. The van der Waals surface area contributed by atoms with Crippen LogP contribution in [0.2, 0.25) is 0 Å². The van der Waals surface area contributed by atoms with Gasteiger partial charge < -0.3 is 16.0 Å². The van der Waals surface area contributed by atoms with Crippen molar-refractivity contribution in [3.63, 3.8) is 0 Å². The van der Waals surface area contributed by atoms with E-state index < -0.39 is 0 Å². The van der Waals surface area contributed by atoms with Gasteiger partial charge in [-0.1, -0.05) is 0 Å². The maximum Gasteiger partial charge on any atom is 0.225 e. The van der Waals surface area contributed by atoms with Crippen LogP contribution in [0, 0.1) is 5.92 Å². The summed E-state index contributed by atoms with van der Waals surface area (Å²) in [4.78, 5) is 22.2. The molecule has 2 rings (SSSR count). The number of nitrogens with zero attached hydrogens (tertiary/aromatic N) is 3. The number of anilines is 1. The lowest BCUT2D eigenvalue weighted by Gasteiger charge is -2.20. The van der Waals surface area contributed by atoms with Crippen LogP contribution in [0.3, 0.4) is 0 Å². The molecule has 0 saturated heterocycles. The summed E-state index contributed by atoms with van der Waals surface area (Å²) in [5, 5.41) is 2.86. The van der Waals surface area contributed by atoms with Gasteiger partial charge >= 0.3 is 0 Å². The first-order chi connectivity index (χ1) is 9.10. The molecule has 1 aliphatic rings. The summed E-state index contributed by atoms with van der Waals surface area (Å²) in [5.41, 5.74) is 6.78. The standard InChI is InChI=1S/C13H21N5O/c1-15-13-16-6-9(7-17-13)8-18(2)12(19)10-3-4-11(14)5-10/h6-7,10-11H,3-5,8,14H2,1-2H3,(H,15,16,17). The van der Waals surface area contributed by atoms with E-state index in [4.69, 9.17) is 5.73 Å². The minimum Gasteiger partial charge on any atom is -0.357 e. The number of carbonyl (C=O) groups excluding carboxylic acids is 1. The average molecular weight is 263 g/mol. The van der Waals surface area contributed by atoms with Crippen LogP contribution in [0.25, 0.3) is 0 Å². The van der Waals surface area contributed by atoms with E-state index >= 15 is 0 Å². The molecule has 1 aliphatic carbocycles. The Balaban J connectivity index is 1.92. The van der Waals surface area contributed by atoms with Gasteiger partial charge in [-0.3, -0.25) is 4.79 Å². The van der Waals surface area contributed by atoms with Crippen LogP contribution in [0.15, 0.2) is 12.4 Å². The highest BCUT2D eigenvalue weighted by Crippen LogP contribution is 2.26. The fourth-order valence-corrected chi connectivity index (χ4v) is 2.47. The van der Waals surface area contributed by atoms with Gasteiger partial charge in [0.05, 0.1) is 0 Å². The van der Waals surface area contributed by atoms with E-state index in [9.17, 15) is 4.79 Å². The summed E-state index contributed by atoms with van der Waals surface area (Å²) in [5.74, 6) is 0.836. The molecule has 1 saturated carbocycles. The van der Waals surface area contributed by atoms with Gasteiger partial charge in [0.15, 0.2) is 0 Å². The molecule has 6 heteroatoms. The molecule has 0 spiro atoms. The van der Waals surface area contributed by atoms with Crippen LogP contribution < -0.4 is 11.1 Å². The summed E-state index contributed by atoms with van der Waals surface area (Å²) >= 11 is 0. The normalized spacial score (nSPS) is 22.3. The van der Waals surface area contributed by atoms with Crippen molar-refractivity contribution in [3.8, 4) is 0 Å². The molecule has 1 amide bonds. The summed E-state index contributed by atoms with van der Waals surface area (Å²) in [6.07, 6.45) is 6.13. The van der Waals surface area contributed by atoms with Gasteiger partial charge in [0.2, 0.25) is 11.9 Å². The lowest BCUT2D eigenvalue weighted by molar-refractivity contribution is -0.134. The molecule has 0 aromatic carbocycles. The van der Waals surface area contributed by atoms with Gasteiger partial charge in [-0.2, -0.15) is 0 Å². The van der Waals surface area contributed by atoms with E-state index in [0.717, 1.165) is 24.8 Å². The molecule has 3 N–H and O–H groups in total. The Morgan fingerprint density at radius 3 is 2.68 bits per heavy atom. The molecule has 0 radical (unpaired) electrons. The Morgan fingerprint density at radius 1 is 1.47 bits per heavy atom. The van der Waals surface area contributed by atoms with Crippen LogP contribution >= 0.6 is 0 Å². The van der Waals surface area contributed by atoms with E-state index in [1.165, 1.54) is 0 Å². The first-order valence-electron chi connectivity index (χ1n) is 6.59. The second kappa shape index (κ2) is 5.97. The predicted molar refractivity (Wildman–Crippen MR) is 73.4 cm³/mol. The molecule has 1 aromatic rings. The first-order valence-corrected chi connectivity index (χ1v) is 6.59. The van der Waals surface area contributed by atoms with Crippen LogP contribution in [0.5, 0.6) is 0 Å².